The maximum absolute atomic E-state index is 12.3. The van der Waals surface area contributed by atoms with Crippen LogP contribution in [0.4, 0.5) is 0 Å². The molecule has 0 saturated carbocycles. The van der Waals surface area contributed by atoms with E-state index in [-0.39, 0.29) is 0 Å². The number of carbonyl (C=O) groups excluding carboxylic acids is 8. The van der Waals surface area contributed by atoms with E-state index in [1.807, 2.05) is 0 Å². The third kappa shape index (κ3) is 12.1. The molecular formula is C28H39NO18. The maximum atomic E-state index is 12.3. The predicted octanol–water partition coefficient (Wildman–Crippen LogP) is -1.26. The van der Waals surface area contributed by atoms with Crippen molar-refractivity contribution in [3.8, 4) is 0 Å². The topological polar surface area (TPSA) is 241 Å². The van der Waals surface area contributed by atoms with Crippen molar-refractivity contribution in [2.45, 2.75) is 117 Å². The van der Waals surface area contributed by atoms with Crippen LogP contribution in [0.3, 0.4) is 0 Å². The van der Waals surface area contributed by atoms with Gasteiger partial charge in [-0.2, -0.15) is 0 Å². The van der Waals surface area contributed by atoms with E-state index in [9.17, 15) is 38.4 Å². The van der Waals surface area contributed by atoms with Crippen LogP contribution >= 0.6 is 0 Å². The highest BCUT2D eigenvalue weighted by Gasteiger charge is 2.57. The Kier molecular flexibility index (Phi) is 14.5. The van der Waals surface area contributed by atoms with E-state index < -0.39 is 122 Å². The first-order valence-electron chi connectivity index (χ1n) is 14.3. The van der Waals surface area contributed by atoms with Crippen molar-refractivity contribution in [3.63, 3.8) is 0 Å². The lowest BCUT2D eigenvalue weighted by Gasteiger charge is -2.48. The van der Waals surface area contributed by atoms with Crippen molar-refractivity contribution in [1.29, 1.82) is 0 Å². The van der Waals surface area contributed by atoms with Crippen molar-refractivity contribution < 1.29 is 85.7 Å². The second-order valence-corrected chi connectivity index (χ2v) is 10.4. The van der Waals surface area contributed by atoms with Crippen molar-refractivity contribution in [3.05, 3.63) is 0 Å². The van der Waals surface area contributed by atoms with Crippen LogP contribution < -0.4 is 5.32 Å². The third-order valence-electron chi connectivity index (χ3n) is 6.29. The van der Waals surface area contributed by atoms with Crippen LogP contribution in [0, 0.1) is 0 Å². The molecule has 2 heterocycles. The second kappa shape index (κ2) is 17.5. The standard InChI is InChI=1S/C28H39NO18/c1-11(30)29-21-24(41-15(5)34)22(19(9-38-12(2)31)45-27(21)44-18(8)37)47-28-26(43-17(7)36)25(42-16(6)35)23(40-14(4)33)20(46-28)10-39-13(3)32/h19-28H,9-10H2,1-8H3,(H,29,30)/t19-,20-,21-,22-,23+,24-,25+,26-,27+,28+/m1/s1. The largest absolute Gasteiger partial charge is 0.463 e. The summed E-state index contributed by atoms with van der Waals surface area (Å²) in [4.78, 5) is 96.5. The molecule has 0 spiro atoms. The number of ether oxygens (including phenoxy) is 10. The molecule has 47 heavy (non-hydrogen) atoms. The van der Waals surface area contributed by atoms with E-state index >= 15 is 0 Å². The molecule has 0 aliphatic carbocycles. The number of amides is 1. The van der Waals surface area contributed by atoms with Gasteiger partial charge in [-0.3, -0.25) is 38.4 Å². The molecule has 1 amide bonds. The zero-order valence-corrected chi connectivity index (χ0v) is 27.0. The number of rotatable bonds is 12. The van der Waals surface area contributed by atoms with Crippen molar-refractivity contribution in [1.82, 2.24) is 5.32 Å². The molecular weight excluding hydrogens is 638 g/mol. The molecule has 19 nitrogen and oxygen atoms in total. The molecule has 2 aliphatic heterocycles. The predicted molar refractivity (Wildman–Crippen MR) is 147 cm³/mol. The molecule has 0 unspecified atom stereocenters. The molecule has 19 heteroatoms. The first-order chi connectivity index (χ1) is 21.9. The van der Waals surface area contributed by atoms with E-state index in [1.165, 1.54) is 0 Å². The molecule has 2 fully saturated rings. The summed E-state index contributed by atoms with van der Waals surface area (Å²) in [7, 11) is 0. The summed E-state index contributed by atoms with van der Waals surface area (Å²) in [5, 5.41) is 2.48. The van der Waals surface area contributed by atoms with Gasteiger partial charge in [-0.05, 0) is 0 Å². The van der Waals surface area contributed by atoms with E-state index in [0.29, 0.717) is 0 Å². The monoisotopic (exact) mass is 677 g/mol. The van der Waals surface area contributed by atoms with Crippen molar-refractivity contribution >= 4 is 47.7 Å². The quantitative estimate of drug-likeness (QED) is 0.187. The lowest BCUT2D eigenvalue weighted by molar-refractivity contribution is -0.348. The lowest BCUT2D eigenvalue weighted by atomic mass is 9.94. The van der Waals surface area contributed by atoms with Crippen LogP contribution in [0.1, 0.15) is 55.4 Å². The highest BCUT2D eigenvalue weighted by atomic mass is 16.8. The first-order valence-corrected chi connectivity index (χ1v) is 14.3. The average molecular weight is 678 g/mol. The summed E-state index contributed by atoms with van der Waals surface area (Å²) in [6.45, 7) is 7.30. The molecule has 0 radical (unpaired) electrons. The van der Waals surface area contributed by atoms with E-state index in [0.717, 1.165) is 55.4 Å². The Morgan fingerprint density at radius 2 is 0.872 bits per heavy atom. The number of carbonyl (C=O) groups is 8. The molecule has 2 aliphatic rings. The molecule has 1 N–H and O–H groups in total. The van der Waals surface area contributed by atoms with E-state index in [4.69, 9.17) is 47.4 Å². The van der Waals surface area contributed by atoms with Crippen molar-refractivity contribution in [2.24, 2.45) is 0 Å². The van der Waals surface area contributed by atoms with Crippen LogP contribution in [0.5, 0.6) is 0 Å². The van der Waals surface area contributed by atoms with Gasteiger partial charge in [0, 0.05) is 55.4 Å². The van der Waals surface area contributed by atoms with Gasteiger partial charge in [0.05, 0.1) is 0 Å². The molecule has 2 saturated heterocycles. The van der Waals surface area contributed by atoms with Gasteiger partial charge in [0.25, 0.3) is 0 Å². The van der Waals surface area contributed by atoms with Gasteiger partial charge in [0.1, 0.15) is 37.6 Å². The van der Waals surface area contributed by atoms with Gasteiger partial charge >= 0.3 is 41.8 Å². The fourth-order valence-electron chi connectivity index (χ4n) is 4.84. The molecule has 10 atom stereocenters. The fourth-order valence-corrected chi connectivity index (χ4v) is 4.84. The Morgan fingerprint density at radius 1 is 0.468 bits per heavy atom. The fraction of sp³-hybridized carbons (Fsp3) is 0.714. The Balaban J connectivity index is 2.73. The normalized spacial score (nSPS) is 30.0. The van der Waals surface area contributed by atoms with E-state index in [2.05, 4.69) is 5.32 Å². The number of hydrogen-bond donors (Lipinski definition) is 1. The molecule has 2 rings (SSSR count). The molecule has 0 aromatic heterocycles. The highest BCUT2D eigenvalue weighted by Crippen LogP contribution is 2.34. The first kappa shape index (κ1) is 38.8. The zero-order chi connectivity index (χ0) is 35.6. The lowest BCUT2D eigenvalue weighted by Crippen LogP contribution is -2.69. The Morgan fingerprint density at radius 3 is 1.32 bits per heavy atom. The molecule has 0 aromatic carbocycles. The second-order valence-electron chi connectivity index (χ2n) is 10.4. The van der Waals surface area contributed by atoms with Crippen LogP contribution in [0.2, 0.25) is 0 Å². The van der Waals surface area contributed by atoms with Gasteiger partial charge in [0.2, 0.25) is 12.2 Å². The SMILES string of the molecule is CC(=O)N[C@H]1[C@@H](OC(C)=O)O[C@H](COC(C)=O)[C@@H](O[C@@H]2O[C@H](COC(C)=O)[C@H](OC(C)=O)[C@H](OC(C)=O)[C@H]2OC(C)=O)[C@@H]1OC(C)=O. The highest BCUT2D eigenvalue weighted by molar-refractivity contribution is 5.74. The van der Waals surface area contributed by atoms with Crippen LogP contribution in [0.25, 0.3) is 0 Å². The third-order valence-corrected chi connectivity index (χ3v) is 6.29. The summed E-state index contributed by atoms with van der Waals surface area (Å²) in [5.74, 6) is -6.64. The molecule has 0 bridgehead atoms. The number of nitrogens with one attached hydrogen (secondary N) is 1. The van der Waals surface area contributed by atoms with Gasteiger partial charge < -0.3 is 52.7 Å². The van der Waals surface area contributed by atoms with Gasteiger partial charge in [-0.25, -0.2) is 0 Å². The van der Waals surface area contributed by atoms with Crippen LogP contribution in [-0.2, 0) is 85.7 Å². The molecule has 264 valence electrons. The minimum absolute atomic E-state index is 0.577. The van der Waals surface area contributed by atoms with Crippen LogP contribution in [-0.4, -0.2) is 122 Å². The van der Waals surface area contributed by atoms with Crippen LogP contribution in [0.15, 0.2) is 0 Å². The summed E-state index contributed by atoms with van der Waals surface area (Å²) in [6, 6.07) is -1.43. The van der Waals surface area contributed by atoms with Gasteiger partial charge in [-0.1, -0.05) is 0 Å². The summed E-state index contributed by atoms with van der Waals surface area (Å²) in [5.41, 5.74) is 0. The summed E-state index contributed by atoms with van der Waals surface area (Å²) >= 11 is 0. The number of esters is 7. The summed E-state index contributed by atoms with van der Waals surface area (Å²) in [6.07, 6.45) is -14.2. The van der Waals surface area contributed by atoms with Gasteiger partial charge in [0.15, 0.2) is 30.7 Å². The maximum Gasteiger partial charge on any atom is 0.305 e. The average Bonchev–Trinajstić information content (AvgIpc) is 2.91. The summed E-state index contributed by atoms with van der Waals surface area (Å²) < 4.78 is 55.2. The van der Waals surface area contributed by atoms with Crippen molar-refractivity contribution in [2.75, 3.05) is 13.2 Å². The Hall–Kier alpha value is -4.36. The number of hydrogen-bond acceptors (Lipinski definition) is 18. The Labute approximate surface area is 269 Å². The smallest absolute Gasteiger partial charge is 0.305 e. The molecule has 0 aromatic rings. The Bertz CT molecular complexity index is 1200. The van der Waals surface area contributed by atoms with E-state index in [1.54, 1.807) is 0 Å². The zero-order valence-electron chi connectivity index (χ0n) is 27.0. The minimum Gasteiger partial charge on any atom is -0.463 e. The minimum atomic E-state index is -1.80. The van der Waals surface area contributed by atoms with Gasteiger partial charge in [-0.15, -0.1) is 0 Å².